The standard InChI is InChI=1S/C14H18O3/c1-9-5-6-13(11(3)10(9)2)12(8-17-4)7-14(15)16/h5-7H,8H2,1-4H3,(H,15,16)/b12-7+. The van der Waals surface area contributed by atoms with Crippen LogP contribution >= 0.6 is 0 Å². The summed E-state index contributed by atoms with van der Waals surface area (Å²) in [5.41, 5.74) is 5.14. The molecule has 0 aromatic heterocycles. The number of carboxylic acids is 1. The first kappa shape index (κ1) is 13.5. The van der Waals surface area contributed by atoms with Gasteiger partial charge in [0.2, 0.25) is 0 Å². The molecule has 92 valence electrons. The third-order valence-corrected chi connectivity index (χ3v) is 3.00. The van der Waals surface area contributed by atoms with E-state index >= 15 is 0 Å². The van der Waals surface area contributed by atoms with E-state index in [0.717, 1.165) is 11.1 Å². The maximum atomic E-state index is 10.8. The van der Waals surface area contributed by atoms with Gasteiger partial charge in [0.1, 0.15) is 0 Å². The smallest absolute Gasteiger partial charge is 0.328 e. The maximum absolute atomic E-state index is 10.8. The van der Waals surface area contributed by atoms with E-state index in [-0.39, 0.29) is 0 Å². The van der Waals surface area contributed by atoms with Crippen molar-refractivity contribution in [1.29, 1.82) is 0 Å². The van der Waals surface area contributed by atoms with Crippen LogP contribution in [-0.4, -0.2) is 24.8 Å². The van der Waals surface area contributed by atoms with Gasteiger partial charge in [-0.05, 0) is 48.6 Å². The molecule has 0 atom stereocenters. The van der Waals surface area contributed by atoms with Crippen LogP contribution in [0.1, 0.15) is 22.3 Å². The SMILES string of the molecule is COC/C(=C\C(=O)O)c1ccc(C)c(C)c1C. The van der Waals surface area contributed by atoms with Crippen LogP contribution in [0.4, 0.5) is 0 Å². The van der Waals surface area contributed by atoms with Crippen molar-refractivity contribution in [3.05, 3.63) is 40.5 Å². The Bertz CT molecular complexity index is 459. The molecule has 1 aromatic carbocycles. The summed E-state index contributed by atoms with van der Waals surface area (Å²) in [6.45, 7) is 6.39. The molecule has 0 amide bonds. The van der Waals surface area contributed by atoms with Crippen molar-refractivity contribution >= 4 is 11.5 Å². The number of ether oxygens (including phenoxy) is 1. The molecule has 0 aliphatic rings. The van der Waals surface area contributed by atoms with Crippen LogP contribution in [0, 0.1) is 20.8 Å². The van der Waals surface area contributed by atoms with E-state index < -0.39 is 5.97 Å². The number of methoxy groups -OCH3 is 1. The normalized spacial score (nSPS) is 11.6. The van der Waals surface area contributed by atoms with Crippen LogP contribution < -0.4 is 0 Å². The summed E-state index contributed by atoms with van der Waals surface area (Å²) in [5, 5.41) is 8.85. The largest absolute Gasteiger partial charge is 0.478 e. The number of rotatable bonds is 4. The third kappa shape index (κ3) is 3.17. The molecule has 1 N–H and O–H groups in total. The molecule has 0 unspecified atom stereocenters. The summed E-state index contributed by atoms with van der Waals surface area (Å²) in [7, 11) is 1.56. The molecule has 0 aliphatic carbocycles. The first-order valence-electron chi connectivity index (χ1n) is 5.47. The van der Waals surface area contributed by atoms with Crippen molar-refractivity contribution in [2.75, 3.05) is 13.7 Å². The quantitative estimate of drug-likeness (QED) is 0.815. The highest BCUT2D eigenvalue weighted by Gasteiger charge is 2.09. The topological polar surface area (TPSA) is 46.5 Å². The lowest BCUT2D eigenvalue weighted by atomic mass is 9.94. The van der Waals surface area contributed by atoms with Gasteiger partial charge in [0, 0.05) is 13.2 Å². The molecule has 1 aromatic rings. The Kier molecular flexibility index (Phi) is 4.46. The molecule has 0 aliphatic heterocycles. The van der Waals surface area contributed by atoms with Crippen LogP contribution in [0.3, 0.4) is 0 Å². The van der Waals surface area contributed by atoms with Crippen LogP contribution in [0.15, 0.2) is 18.2 Å². The highest BCUT2D eigenvalue weighted by Crippen LogP contribution is 2.24. The van der Waals surface area contributed by atoms with E-state index in [1.807, 2.05) is 32.9 Å². The molecular weight excluding hydrogens is 216 g/mol. The number of aliphatic carboxylic acids is 1. The molecule has 1 rings (SSSR count). The predicted molar refractivity (Wildman–Crippen MR) is 68.1 cm³/mol. The molecule has 0 heterocycles. The van der Waals surface area contributed by atoms with Gasteiger partial charge in [-0.1, -0.05) is 12.1 Å². The van der Waals surface area contributed by atoms with E-state index in [9.17, 15) is 4.79 Å². The second-order valence-corrected chi connectivity index (χ2v) is 4.12. The van der Waals surface area contributed by atoms with Crippen LogP contribution in [0.25, 0.3) is 5.57 Å². The van der Waals surface area contributed by atoms with Gasteiger partial charge in [-0.2, -0.15) is 0 Å². The van der Waals surface area contributed by atoms with Gasteiger partial charge in [-0.3, -0.25) is 0 Å². The molecule has 0 fully saturated rings. The number of carbonyl (C=O) groups is 1. The summed E-state index contributed by atoms with van der Waals surface area (Å²) in [4.78, 5) is 10.8. The fourth-order valence-corrected chi connectivity index (χ4v) is 1.81. The van der Waals surface area contributed by atoms with Gasteiger partial charge in [-0.25, -0.2) is 4.79 Å². The van der Waals surface area contributed by atoms with E-state index in [1.165, 1.54) is 17.2 Å². The van der Waals surface area contributed by atoms with Crippen molar-refractivity contribution < 1.29 is 14.6 Å². The Morgan fingerprint density at radius 2 is 1.94 bits per heavy atom. The van der Waals surface area contributed by atoms with Crippen LogP contribution in [0.5, 0.6) is 0 Å². The Hall–Kier alpha value is -1.61. The van der Waals surface area contributed by atoms with E-state index in [1.54, 1.807) is 7.11 Å². The summed E-state index contributed by atoms with van der Waals surface area (Å²) in [5.74, 6) is -0.949. The van der Waals surface area contributed by atoms with E-state index in [4.69, 9.17) is 9.84 Å². The zero-order chi connectivity index (χ0) is 13.0. The number of benzene rings is 1. The molecule has 0 bridgehead atoms. The van der Waals surface area contributed by atoms with Gasteiger partial charge in [-0.15, -0.1) is 0 Å². The summed E-state index contributed by atoms with van der Waals surface area (Å²) in [6, 6.07) is 3.95. The zero-order valence-corrected chi connectivity index (χ0v) is 10.7. The number of hydrogen-bond acceptors (Lipinski definition) is 2. The van der Waals surface area contributed by atoms with Crippen molar-refractivity contribution in [3.8, 4) is 0 Å². The summed E-state index contributed by atoms with van der Waals surface area (Å²) in [6.07, 6.45) is 1.21. The van der Waals surface area contributed by atoms with Gasteiger partial charge < -0.3 is 9.84 Å². The second-order valence-electron chi connectivity index (χ2n) is 4.12. The molecule has 3 heteroatoms. The molecule has 0 saturated carbocycles. The van der Waals surface area contributed by atoms with Crippen LogP contribution in [0.2, 0.25) is 0 Å². The predicted octanol–water partition coefficient (Wildman–Crippen LogP) is 2.73. The average molecular weight is 234 g/mol. The van der Waals surface area contributed by atoms with Crippen molar-refractivity contribution in [3.63, 3.8) is 0 Å². The van der Waals surface area contributed by atoms with E-state index in [2.05, 4.69) is 0 Å². The average Bonchev–Trinajstić information content (AvgIpc) is 2.25. The number of hydrogen-bond donors (Lipinski definition) is 1. The summed E-state index contributed by atoms with van der Waals surface area (Å²) >= 11 is 0. The Morgan fingerprint density at radius 3 is 2.47 bits per heavy atom. The Balaban J connectivity index is 3.29. The first-order valence-corrected chi connectivity index (χ1v) is 5.47. The first-order chi connectivity index (χ1) is 7.97. The monoisotopic (exact) mass is 234 g/mol. The van der Waals surface area contributed by atoms with Gasteiger partial charge in [0.15, 0.2) is 0 Å². The zero-order valence-electron chi connectivity index (χ0n) is 10.7. The molecule has 17 heavy (non-hydrogen) atoms. The highest BCUT2D eigenvalue weighted by atomic mass is 16.5. The lowest BCUT2D eigenvalue weighted by Gasteiger charge is -2.13. The minimum Gasteiger partial charge on any atom is -0.478 e. The fraction of sp³-hybridized carbons (Fsp3) is 0.357. The van der Waals surface area contributed by atoms with E-state index in [0.29, 0.717) is 12.2 Å². The minimum atomic E-state index is -0.949. The molecular formula is C14H18O3. The Labute approximate surface area is 102 Å². The minimum absolute atomic E-state index is 0.301. The fourth-order valence-electron chi connectivity index (χ4n) is 1.81. The second kappa shape index (κ2) is 5.64. The van der Waals surface area contributed by atoms with Gasteiger partial charge in [0.25, 0.3) is 0 Å². The van der Waals surface area contributed by atoms with Gasteiger partial charge in [0.05, 0.1) is 6.61 Å². The molecule has 0 radical (unpaired) electrons. The Morgan fingerprint density at radius 1 is 1.29 bits per heavy atom. The lowest BCUT2D eigenvalue weighted by molar-refractivity contribution is -0.131. The molecule has 3 nitrogen and oxygen atoms in total. The maximum Gasteiger partial charge on any atom is 0.328 e. The highest BCUT2D eigenvalue weighted by molar-refractivity contribution is 5.91. The molecule has 0 spiro atoms. The molecule has 0 saturated heterocycles. The van der Waals surface area contributed by atoms with Crippen molar-refractivity contribution in [2.45, 2.75) is 20.8 Å². The van der Waals surface area contributed by atoms with Crippen molar-refractivity contribution in [1.82, 2.24) is 0 Å². The third-order valence-electron chi connectivity index (χ3n) is 3.00. The summed E-state index contributed by atoms with van der Waals surface area (Å²) < 4.78 is 5.05. The number of aryl methyl sites for hydroxylation is 1. The lowest BCUT2D eigenvalue weighted by Crippen LogP contribution is -2.02. The number of carboxylic acid groups (broad SMARTS) is 1. The van der Waals surface area contributed by atoms with Crippen molar-refractivity contribution in [2.24, 2.45) is 0 Å². The van der Waals surface area contributed by atoms with Gasteiger partial charge >= 0.3 is 5.97 Å². The van der Waals surface area contributed by atoms with Crippen LogP contribution in [-0.2, 0) is 9.53 Å².